The highest BCUT2D eigenvalue weighted by molar-refractivity contribution is 5.81. The molecule has 2 atom stereocenters. The van der Waals surface area contributed by atoms with Crippen LogP contribution in [-0.2, 0) is 4.79 Å². The van der Waals surface area contributed by atoms with Crippen LogP contribution < -0.4 is 16.0 Å². The quantitative estimate of drug-likeness (QED) is 0.129. The highest BCUT2D eigenvalue weighted by atomic mass is 16.3. The molecule has 38 heavy (non-hydrogen) atoms. The maximum Gasteiger partial charge on any atom is 0.237 e. The Labute approximate surface area is 227 Å². The van der Waals surface area contributed by atoms with Crippen molar-refractivity contribution < 1.29 is 9.90 Å². The van der Waals surface area contributed by atoms with Crippen LogP contribution in [0.2, 0.25) is 0 Å². The zero-order valence-corrected chi connectivity index (χ0v) is 23.5. The summed E-state index contributed by atoms with van der Waals surface area (Å²) >= 11 is 0. The van der Waals surface area contributed by atoms with E-state index in [1.807, 2.05) is 44.1 Å². The van der Waals surface area contributed by atoms with E-state index >= 15 is 0 Å². The lowest BCUT2D eigenvalue weighted by atomic mass is 10.2. The minimum absolute atomic E-state index is 0.133. The number of hydrogen-bond acceptors (Lipinski definition) is 9. The Balaban J connectivity index is 1.86. The van der Waals surface area contributed by atoms with E-state index < -0.39 is 12.3 Å². The number of unbranched alkanes of at least 4 members (excludes halogenated alkanes) is 1. The monoisotopic (exact) mass is 522 g/mol. The van der Waals surface area contributed by atoms with Crippen molar-refractivity contribution in [3.63, 3.8) is 0 Å². The van der Waals surface area contributed by atoms with E-state index in [0.29, 0.717) is 31.2 Å². The summed E-state index contributed by atoms with van der Waals surface area (Å²) in [5, 5.41) is 19.7. The molecule has 0 aliphatic carbocycles. The van der Waals surface area contributed by atoms with Gasteiger partial charge in [-0.15, -0.1) is 0 Å². The second-order valence-electron chi connectivity index (χ2n) is 9.34. The molecule has 0 spiro atoms. The van der Waals surface area contributed by atoms with Gasteiger partial charge in [-0.25, -0.2) is 4.98 Å². The number of aromatic nitrogens is 3. The molecular formula is C28H42N8O2. The fourth-order valence-electron chi connectivity index (χ4n) is 3.22. The van der Waals surface area contributed by atoms with Gasteiger partial charge < -0.3 is 26.0 Å². The van der Waals surface area contributed by atoms with Crippen LogP contribution in [0.1, 0.15) is 44.4 Å². The molecule has 0 aliphatic heterocycles. The molecule has 0 bridgehead atoms. The molecular weight excluding hydrogens is 480 g/mol. The van der Waals surface area contributed by atoms with Gasteiger partial charge >= 0.3 is 0 Å². The molecule has 0 aromatic carbocycles. The van der Waals surface area contributed by atoms with Crippen molar-refractivity contribution in [2.75, 3.05) is 51.4 Å². The lowest BCUT2D eigenvalue weighted by Crippen LogP contribution is -2.47. The third-order valence-electron chi connectivity index (χ3n) is 5.69. The number of carbonyl (C=O) groups excluding carboxylic acids is 1. The molecule has 206 valence electrons. The first-order valence-electron chi connectivity index (χ1n) is 13.0. The number of amides is 1. The second kappa shape index (κ2) is 16.3. The summed E-state index contributed by atoms with van der Waals surface area (Å²) in [7, 11) is 5.64. The maximum atomic E-state index is 12.5. The number of aliphatic hydroxyl groups is 1. The number of aryl methyl sites for hydroxylation is 1. The molecule has 0 fully saturated rings. The van der Waals surface area contributed by atoms with E-state index in [1.54, 1.807) is 37.3 Å². The van der Waals surface area contributed by atoms with E-state index in [-0.39, 0.29) is 5.91 Å². The summed E-state index contributed by atoms with van der Waals surface area (Å²) in [6, 6.07) is 3.39. The van der Waals surface area contributed by atoms with Gasteiger partial charge in [-0.3, -0.25) is 14.7 Å². The van der Waals surface area contributed by atoms with Gasteiger partial charge in [0.25, 0.3) is 0 Å². The molecule has 2 rings (SSSR count). The molecule has 10 nitrogen and oxygen atoms in total. The Kier molecular flexibility index (Phi) is 13.2. The van der Waals surface area contributed by atoms with Crippen LogP contribution in [0.4, 0.5) is 17.5 Å². The van der Waals surface area contributed by atoms with E-state index in [1.165, 1.54) is 0 Å². The number of pyridine rings is 1. The summed E-state index contributed by atoms with van der Waals surface area (Å²) in [6.07, 6.45) is 8.47. The fraction of sp³-hybridized carbons (Fsp3) is 0.500. The van der Waals surface area contributed by atoms with Crippen molar-refractivity contribution in [1.29, 1.82) is 0 Å². The SMILES string of the molecule is CCCNc1nc(Nc2ccc(C)nc2)ncc1C#CCCCNC(=O)[C@H](C)N(C)C(O)/C=C/CN(C)C. The number of likely N-dealkylation sites (N-methyl/N-ethyl adjacent to an activating group) is 2. The summed E-state index contributed by atoms with van der Waals surface area (Å²) in [5.41, 5.74) is 2.48. The van der Waals surface area contributed by atoms with Crippen LogP contribution in [0.5, 0.6) is 0 Å². The van der Waals surface area contributed by atoms with Crippen molar-refractivity contribution >= 4 is 23.4 Å². The first-order chi connectivity index (χ1) is 18.2. The predicted molar refractivity (Wildman–Crippen MR) is 153 cm³/mol. The molecule has 0 saturated heterocycles. The van der Waals surface area contributed by atoms with Gasteiger partial charge in [0.1, 0.15) is 12.0 Å². The third-order valence-corrected chi connectivity index (χ3v) is 5.69. The third kappa shape index (κ3) is 10.8. The van der Waals surface area contributed by atoms with E-state index in [0.717, 1.165) is 36.5 Å². The average molecular weight is 523 g/mol. The normalized spacial score (nSPS) is 12.8. The fourth-order valence-corrected chi connectivity index (χ4v) is 3.22. The lowest BCUT2D eigenvalue weighted by Gasteiger charge is -2.27. The van der Waals surface area contributed by atoms with Crippen molar-refractivity contribution in [3.8, 4) is 11.8 Å². The van der Waals surface area contributed by atoms with Gasteiger partial charge in [-0.05, 0) is 66.0 Å². The Bertz CT molecular complexity index is 1090. The van der Waals surface area contributed by atoms with Crippen LogP contribution in [0.3, 0.4) is 0 Å². The van der Waals surface area contributed by atoms with Gasteiger partial charge in [0, 0.05) is 31.7 Å². The number of hydrogen-bond donors (Lipinski definition) is 4. The summed E-state index contributed by atoms with van der Waals surface area (Å²) in [6.45, 7) is 7.80. The summed E-state index contributed by atoms with van der Waals surface area (Å²) < 4.78 is 0. The molecule has 2 aromatic heterocycles. The van der Waals surface area contributed by atoms with Gasteiger partial charge in [0.05, 0.1) is 29.7 Å². The molecule has 0 radical (unpaired) electrons. The zero-order chi connectivity index (χ0) is 27.9. The van der Waals surface area contributed by atoms with Crippen molar-refractivity contribution in [2.45, 2.75) is 52.3 Å². The Morgan fingerprint density at radius 2 is 1.97 bits per heavy atom. The van der Waals surface area contributed by atoms with Gasteiger partial charge in [0.15, 0.2) is 0 Å². The zero-order valence-electron chi connectivity index (χ0n) is 23.5. The number of rotatable bonds is 14. The highest BCUT2D eigenvalue weighted by Crippen LogP contribution is 2.17. The Morgan fingerprint density at radius 3 is 2.66 bits per heavy atom. The van der Waals surface area contributed by atoms with E-state index in [2.05, 4.69) is 49.7 Å². The molecule has 1 unspecified atom stereocenters. The minimum Gasteiger partial charge on any atom is -0.375 e. The Morgan fingerprint density at radius 1 is 1.18 bits per heavy atom. The molecule has 0 saturated carbocycles. The number of nitrogens with zero attached hydrogens (tertiary/aromatic N) is 5. The van der Waals surface area contributed by atoms with Crippen molar-refractivity contribution in [3.05, 3.63) is 47.9 Å². The maximum absolute atomic E-state index is 12.5. The van der Waals surface area contributed by atoms with E-state index in [4.69, 9.17) is 0 Å². The number of carbonyl (C=O) groups is 1. The first kappa shape index (κ1) is 30.7. The van der Waals surface area contributed by atoms with Crippen LogP contribution >= 0.6 is 0 Å². The molecule has 1 amide bonds. The molecule has 10 heteroatoms. The van der Waals surface area contributed by atoms with Gasteiger partial charge in [0.2, 0.25) is 11.9 Å². The molecule has 4 N–H and O–H groups in total. The topological polar surface area (TPSA) is 119 Å². The van der Waals surface area contributed by atoms with Crippen molar-refractivity contribution in [2.24, 2.45) is 0 Å². The highest BCUT2D eigenvalue weighted by Gasteiger charge is 2.21. The predicted octanol–water partition coefficient (Wildman–Crippen LogP) is 2.75. The summed E-state index contributed by atoms with van der Waals surface area (Å²) in [5.74, 6) is 7.32. The first-order valence-corrected chi connectivity index (χ1v) is 13.0. The van der Waals surface area contributed by atoms with E-state index in [9.17, 15) is 9.90 Å². The lowest BCUT2D eigenvalue weighted by molar-refractivity contribution is -0.128. The Hall–Kier alpha value is -3.52. The molecule has 0 aliphatic rings. The molecule has 2 heterocycles. The number of aliphatic hydroxyl groups excluding tert-OH is 1. The van der Waals surface area contributed by atoms with Crippen LogP contribution in [0, 0.1) is 18.8 Å². The van der Waals surface area contributed by atoms with Gasteiger partial charge in [-0.2, -0.15) is 4.98 Å². The van der Waals surface area contributed by atoms with Gasteiger partial charge in [-0.1, -0.05) is 24.8 Å². The van der Waals surface area contributed by atoms with Crippen LogP contribution in [0.15, 0.2) is 36.7 Å². The standard InChI is InChI=1S/C28H42N8O2/c1-7-16-29-26-23(19-32-28(34-26)33-24-15-14-21(2)31-20-24)12-9-8-10-17-30-27(38)22(3)36(6)25(37)13-11-18-35(4)5/h11,13-15,19-20,22,25,37H,7-8,10,16-18H2,1-6H3,(H,30,38)(H2,29,32,33,34)/b13-11+/t22-,25?/m0/s1. The smallest absolute Gasteiger partial charge is 0.237 e. The van der Waals surface area contributed by atoms with Crippen LogP contribution in [-0.4, -0.2) is 88.8 Å². The number of nitrogens with one attached hydrogen (secondary N) is 3. The summed E-state index contributed by atoms with van der Waals surface area (Å²) in [4.78, 5) is 29.4. The van der Waals surface area contributed by atoms with Crippen LogP contribution in [0.25, 0.3) is 0 Å². The van der Waals surface area contributed by atoms with Crippen molar-refractivity contribution in [1.82, 2.24) is 30.1 Å². The minimum atomic E-state index is -0.825. The second-order valence-corrected chi connectivity index (χ2v) is 9.34. The largest absolute Gasteiger partial charge is 0.375 e. The number of anilines is 3. The average Bonchev–Trinajstić information content (AvgIpc) is 2.90. The molecule has 2 aromatic rings.